The summed E-state index contributed by atoms with van der Waals surface area (Å²) in [6.07, 6.45) is -7.42. The Kier molecular flexibility index (Phi) is 7.58. The minimum absolute atomic E-state index is 0.0373. The smallest absolute Gasteiger partial charge is 0.388 e. The van der Waals surface area contributed by atoms with E-state index in [0.717, 1.165) is 0 Å². The number of hydrogen-bond donors (Lipinski definition) is 4. The van der Waals surface area contributed by atoms with Gasteiger partial charge in [0.2, 0.25) is 0 Å². The molecule has 0 aromatic rings. The molecule has 2 heterocycles. The fourth-order valence-corrected chi connectivity index (χ4v) is 3.59. The van der Waals surface area contributed by atoms with Gasteiger partial charge in [-0.1, -0.05) is 0 Å². The Hall–Kier alpha value is -0.000130. The van der Waals surface area contributed by atoms with Crippen molar-refractivity contribution in [1.82, 2.24) is 0 Å². The SMILES string of the molecule is [B]C1OC(COP(=O)(O)OC2C(COC(C)(C)C)OC([B])C2O)C(O)C1O. The van der Waals surface area contributed by atoms with E-state index in [9.17, 15) is 24.8 Å². The second-order valence-electron chi connectivity index (χ2n) is 7.51. The van der Waals surface area contributed by atoms with E-state index in [2.05, 4.69) is 0 Å². The molecule has 2 aliphatic rings. The Morgan fingerprint density at radius 2 is 1.52 bits per heavy atom. The van der Waals surface area contributed by atoms with Crippen molar-refractivity contribution in [2.75, 3.05) is 13.2 Å². The summed E-state index contributed by atoms with van der Waals surface area (Å²) in [5.41, 5.74) is -0.513. The van der Waals surface area contributed by atoms with E-state index >= 15 is 0 Å². The number of aliphatic hydroxyl groups is 3. The summed E-state index contributed by atoms with van der Waals surface area (Å²) in [6, 6.07) is -2.27. The van der Waals surface area contributed by atoms with Crippen molar-refractivity contribution in [1.29, 1.82) is 0 Å². The van der Waals surface area contributed by atoms with Crippen molar-refractivity contribution >= 4 is 23.5 Å². The lowest BCUT2D eigenvalue weighted by atomic mass is 9.93. The van der Waals surface area contributed by atoms with Crippen molar-refractivity contribution in [3.63, 3.8) is 0 Å². The number of phosphoric ester groups is 1. The first-order valence-corrected chi connectivity index (χ1v) is 9.96. The highest BCUT2D eigenvalue weighted by Gasteiger charge is 2.47. The molecule has 4 N–H and O–H groups in total. The largest absolute Gasteiger partial charge is 0.472 e. The summed E-state index contributed by atoms with van der Waals surface area (Å²) in [5.74, 6) is 0. The van der Waals surface area contributed by atoms with Crippen LogP contribution in [0.5, 0.6) is 0 Å². The quantitative estimate of drug-likeness (QED) is 0.282. The fraction of sp³-hybridized carbons (Fsp3) is 1.00. The Balaban J connectivity index is 1.94. The molecule has 2 aliphatic heterocycles. The van der Waals surface area contributed by atoms with Gasteiger partial charge < -0.3 is 34.4 Å². The monoisotopic (exact) mass is 406 g/mol. The van der Waals surface area contributed by atoms with Crippen molar-refractivity contribution in [3.8, 4) is 0 Å². The van der Waals surface area contributed by atoms with Crippen LogP contribution in [0.3, 0.4) is 0 Å². The average Bonchev–Trinajstić information content (AvgIpc) is 2.95. The van der Waals surface area contributed by atoms with Gasteiger partial charge in [-0.25, -0.2) is 4.57 Å². The lowest BCUT2D eigenvalue weighted by Crippen LogP contribution is -2.38. The molecular formula is C14H25B2O10P. The van der Waals surface area contributed by atoms with E-state index in [0.29, 0.717) is 0 Å². The second kappa shape index (κ2) is 8.79. The van der Waals surface area contributed by atoms with Gasteiger partial charge in [0.05, 0.1) is 24.9 Å². The second-order valence-corrected chi connectivity index (χ2v) is 8.91. The van der Waals surface area contributed by atoms with E-state index in [1.165, 1.54) is 0 Å². The van der Waals surface area contributed by atoms with Gasteiger partial charge in [-0.3, -0.25) is 9.05 Å². The van der Waals surface area contributed by atoms with Gasteiger partial charge in [-0.2, -0.15) is 0 Å². The van der Waals surface area contributed by atoms with Crippen LogP contribution in [0.4, 0.5) is 0 Å². The van der Waals surface area contributed by atoms with Crippen molar-refractivity contribution in [3.05, 3.63) is 0 Å². The molecule has 10 nitrogen and oxygen atoms in total. The zero-order chi connectivity index (χ0) is 20.6. The molecule has 2 fully saturated rings. The highest BCUT2D eigenvalue weighted by molar-refractivity contribution is 7.47. The van der Waals surface area contributed by atoms with Crippen LogP contribution in [0.25, 0.3) is 0 Å². The molecule has 0 saturated carbocycles. The summed E-state index contributed by atoms with van der Waals surface area (Å²) in [4.78, 5) is 9.94. The van der Waals surface area contributed by atoms with Crippen LogP contribution in [-0.2, 0) is 27.8 Å². The highest BCUT2D eigenvalue weighted by atomic mass is 31.2. The summed E-state index contributed by atoms with van der Waals surface area (Å²) >= 11 is 0. The molecule has 0 bridgehead atoms. The molecular weight excluding hydrogens is 381 g/mol. The Morgan fingerprint density at radius 3 is 2.04 bits per heavy atom. The molecule has 2 saturated heterocycles. The van der Waals surface area contributed by atoms with Gasteiger partial charge in [0.15, 0.2) is 0 Å². The number of hydrogen-bond acceptors (Lipinski definition) is 9. The first kappa shape index (κ1) is 23.3. The first-order valence-electron chi connectivity index (χ1n) is 8.47. The normalized spacial score (nSPS) is 42.3. The molecule has 0 aromatic carbocycles. The van der Waals surface area contributed by atoms with Crippen LogP contribution in [0.2, 0.25) is 0 Å². The molecule has 2 rings (SSSR count). The van der Waals surface area contributed by atoms with Gasteiger partial charge in [0.25, 0.3) is 0 Å². The summed E-state index contributed by atoms with van der Waals surface area (Å²) in [5, 5.41) is 29.3. The molecule has 0 spiro atoms. The minimum atomic E-state index is -4.69. The highest BCUT2D eigenvalue weighted by Crippen LogP contribution is 2.47. The van der Waals surface area contributed by atoms with Crippen molar-refractivity contribution in [2.24, 2.45) is 0 Å². The first-order chi connectivity index (χ1) is 12.3. The zero-order valence-corrected chi connectivity index (χ0v) is 16.3. The summed E-state index contributed by atoms with van der Waals surface area (Å²) < 4.78 is 38.0. The van der Waals surface area contributed by atoms with E-state index in [-0.39, 0.29) is 6.61 Å². The molecule has 4 radical (unpaired) electrons. The maximum atomic E-state index is 12.2. The lowest BCUT2D eigenvalue weighted by Gasteiger charge is -2.27. The van der Waals surface area contributed by atoms with Crippen LogP contribution >= 0.6 is 7.82 Å². The maximum Gasteiger partial charge on any atom is 0.472 e. The minimum Gasteiger partial charge on any atom is -0.388 e. The Morgan fingerprint density at radius 1 is 0.963 bits per heavy atom. The van der Waals surface area contributed by atoms with Crippen LogP contribution in [0, 0.1) is 0 Å². The lowest BCUT2D eigenvalue weighted by molar-refractivity contribution is -0.0828. The Labute approximate surface area is 160 Å². The van der Waals surface area contributed by atoms with Crippen molar-refractivity contribution < 1.29 is 48.0 Å². The van der Waals surface area contributed by atoms with Gasteiger partial charge in [-0.15, -0.1) is 0 Å². The standard InChI is InChI=1S/C14H25B2O10P/c1-14(2,3)22-4-7-11(10(19)13(16)25-7)26-27(20,21)23-5-6-8(17)9(18)12(15)24-6/h6-13,17-19H,4-5H2,1-3H3,(H,20,21). The zero-order valence-electron chi connectivity index (χ0n) is 15.4. The topological polar surface area (TPSA) is 144 Å². The number of ether oxygens (including phenoxy) is 3. The molecule has 9 atom stereocenters. The van der Waals surface area contributed by atoms with E-state index in [1.54, 1.807) is 20.8 Å². The van der Waals surface area contributed by atoms with Crippen LogP contribution in [0.15, 0.2) is 0 Å². The van der Waals surface area contributed by atoms with Crippen molar-refractivity contribution in [2.45, 2.75) is 75.0 Å². The van der Waals surface area contributed by atoms with E-state index in [1.807, 2.05) is 0 Å². The third-order valence-corrected chi connectivity index (χ3v) is 5.09. The molecule has 9 unspecified atom stereocenters. The summed E-state index contributed by atoms with van der Waals surface area (Å²) in [6.45, 7) is 4.81. The van der Waals surface area contributed by atoms with E-state index in [4.69, 9.17) is 39.0 Å². The van der Waals surface area contributed by atoms with E-state index < -0.39 is 68.7 Å². The van der Waals surface area contributed by atoms with Crippen LogP contribution < -0.4 is 0 Å². The summed E-state index contributed by atoms with van der Waals surface area (Å²) in [7, 11) is 6.36. The van der Waals surface area contributed by atoms with Crippen LogP contribution in [-0.4, -0.2) is 103 Å². The van der Waals surface area contributed by atoms with Crippen LogP contribution in [0.1, 0.15) is 20.8 Å². The average molecular weight is 406 g/mol. The maximum absolute atomic E-state index is 12.2. The predicted octanol–water partition coefficient (Wildman–Crippen LogP) is -1.83. The molecule has 0 amide bonds. The van der Waals surface area contributed by atoms with Gasteiger partial charge in [0, 0.05) is 12.0 Å². The molecule has 13 heteroatoms. The van der Waals surface area contributed by atoms with Gasteiger partial charge >= 0.3 is 7.82 Å². The van der Waals surface area contributed by atoms with Gasteiger partial charge in [0.1, 0.15) is 46.2 Å². The van der Waals surface area contributed by atoms with Gasteiger partial charge in [-0.05, 0) is 20.8 Å². The fourth-order valence-electron chi connectivity index (χ4n) is 2.63. The molecule has 27 heavy (non-hydrogen) atoms. The third kappa shape index (κ3) is 6.24. The number of phosphoric acid groups is 1. The number of aliphatic hydroxyl groups excluding tert-OH is 3. The molecule has 0 aromatic heterocycles. The third-order valence-electron chi connectivity index (χ3n) is 4.11. The Bertz CT molecular complexity index is 546. The molecule has 0 aliphatic carbocycles. The number of rotatable bonds is 7. The predicted molar refractivity (Wildman–Crippen MR) is 93.2 cm³/mol. The molecule has 152 valence electrons.